The molecule has 0 radical (unpaired) electrons. The van der Waals surface area contributed by atoms with Crippen molar-refractivity contribution in [2.24, 2.45) is 0 Å². The van der Waals surface area contributed by atoms with Crippen LogP contribution in [-0.4, -0.2) is 31.5 Å². The minimum atomic E-state index is -0.321. The van der Waals surface area contributed by atoms with Crippen LogP contribution in [0.2, 0.25) is 0 Å². The highest BCUT2D eigenvalue weighted by atomic mass is 19.1. The third kappa shape index (κ3) is 4.20. The maximum Gasteiger partial charge on any atom is 0.182 e. The highest BCUT2D eigenvalue weighted by Gasteiger charge is 2.29. The van der Waals surface area contributed by atoms with Crippen LogP contribution in [0.3, 0.4) is 0 Å². The van der Waals surface area contributed by atoms with Gasteiger partial charge in [-0.3, -0.25) is 4.98 Å². The number of halogens is 1. The van der Waals surface area contributed by atoms with E-state index in [2.05, 4.69) is 21.0 Å². The highest BCUT2D eigenvalue weighted by Crippen LogP contribution is 2.38. The predicted octanol–water partition coefficient (Wildman–Crippen LogP) is 5.49. The molecule has 0 bridgehead atoms. The first-order chi connectivity index (χ1) is 15.9. The summed E-state index contributed by atoms with van der Waals surface area (Å²) >= 11 is 0. The minimum absolute atomic E-state index is 0.0600. The summed E-state index contributed by atoms with van der Waals surface area (Å²) in [6.07, 6.45) is 3.28. The maximum atomic E-state index is 15.0. The summed E-state index contributed by atoms with van der Waals surface area (Å²) in [5.74, 6) is 0.407. The normalized spacial score (nSPS) is 18.6. The molecule has 1 fully saturated rings. The largest absolute Gasteiger partial charge is 0.373 e. The van der Waals surface area contributed by atoms with Crippen molar-refractivity contribution in [3.8, 4) is 11.3 Å². The zero-order chi connectivity index (χ0) is 23.1. The van der Waals surface area contributed by atoms with Crippen molar-refractivity contribution in [1.82, 2.24) is 24.9 Å². The molecular formula is C26H26FN5O. The molecule has 3 aromatic heterocycles. The molecule has 0 aliphatic carbocycles. The van der Waals surface area contributed by atoms with Gasteiger partial charge in [0.15, 0.2) is 5.65 Å². The van der Waals surface area contributed by atoms with E-state index in [0.29, 0.717) is 34.9 Å². The van der Waals surface area contributed by atoms with Gasteiger partial charge in [-0.1, -0.05) is 6.07 Å². The van der Waals surface area contributed by atoms with Crippen LogP contribution < -0.4 is 0 Å². The lowest BCUT2D eigenvalue weighted by Gasteiger charge is -2.29. The van der Waals surface area contributed by atoms with Gasteiger partial charge in [-0.2, -0.15) is 0 Å². The Morgan fingerprint density at radius 2 is 1.76 bits per heavy atom. The second kappa shape index (κ2) is 8.56. The maximum absolute atomic E-state index is 15.0. The molecule has 0 amide bonds. The first-order valence-electron chi connectivity index (χ1n) is 11.2. The molecule has 1 aliphatic heterocycles. The van der Waals surface area contributed by atoms with Crippen LogP contribution in [-0.2, 0) is 4.74 Å². The molecule has 0 saturated carbocycles. The van der Waals surface area contributed by atoms with E-state index in [1.165, 1.54) is 6.07 Å². The van der Waals surface area contributed by atoms with Gasteiger partial charge in [0, 0.05) is 30.0 Å². The average molecular weight is 444 g/mol. The van der Waals surface area contributed by atoms with Gasteiger partial charge in [0.25, 0.3) is 0 Å². The van der Waals surface area contributed by atoms with E-state index in [9.17, 15) is 0 Å². The fourth-order valence-corrected chi connectivity index (χ4v) is 4.34. The Bertz CT molecular complexity index is 1360. The van der Waals surface area contributed by atoms with E-state index in [-0.39, 0.29) is 17.8 Å². The monoisotopic (exact) mass is 443 g/mol. The van der Waals surface area contributed by atoms with Gasteiger partial charge in [-0.15, -0.1) is 0 Å². The van der Waals surface area contributed by atoms with Crippen molar-refractivity contribution >= 4 is 11.2 Å². The molecule has 4 aromatic rings. The topological polar surface area (TPSA) is 73.7 Å². The average Bonchev–Trinajstić information content (AvgIpc) is 2.80. The molecule has 6 nitrogen and oxygen atoms in total. The second-order valence-electron chi connectivity index (χ2n) is 8.79. The number of aryl methyl sites for hydroxylation is 4. The lowest BCUT2D eigenvalue weighted by atomic mass is 9.91. The molecule has 2 atom stereocenters. The van der Waals surface area contributed by atoms with Crippen molar-refractivity contribution in [1.29, 1.82) is 0 Å². The Kier molecular flexibility index (Phi) is 5.58. The van der Waals surface area contributed by atoms with E-state index >= 15 is 4.39 Å². The number of nitrogens with zero attached hydrogens (tertiary/aromatic N) is 5. The van der Waals surface area contributed by atoms with Crippen molar-refractivity contribution in [3.63, 3.8) is 0 Å². The third-order valence-corrected chi connectivity index (χ3v) is 6.28. The quantitative estimate of drug-likeness (QED) is 0.417. The summed E-state index contributed by atoms with van der Waals surface area (Å²) in [7, 11) is 0. The molecule has 1 aromatic carbocycles. The number of aromatic nitrogens is 5. The number of hydrogen-bond donors (Lipinski definition) is 0. The van der Waals surface area contributed by atoms with Crippen LogP contribution in [0.15, 0.2) is 36.5 Å². The number of pyridine rings is 1. The molecule has 7 heteroatoms. The van der Waals surface area contributed by atoms with Crippen LogP contribution >= 0.6 is 0 Å². The minimum Gasteiger partial charge on any atom is -0.373 e. The Hall–Kier alpha value is -3.32. The van der Waals surface area contributed by atoms with E-state index in [0.717, 1.165) is 41.1 Å². The van der Waals surface area contributed by atoms with E-state index < -0.39 is 0 Å². The van der Waals surface area contributed by atoms with E-state index in [1.54, 1.807) is 6.07 Å². The van der Waals surface area contributed by atoms with Gasteiger partial charge in [-0.05, 0) is 75.9 Å². The van der Waals surface area contributed by atoms with Gasteiger partial charge >= 0.3 is 0 Å². The molecule has 0 unspecified atom stereocenters. The van der Waals surface area contributed by atoms with Crippen molar-refractivity contribution < 1.29 is 9.13 Å². The number of ether oxygens (including phenoxy) is 1. The Morgan fingerprint density at radius 1 is 0.939 bits per heavy atom. The second-order valence-corrected chi connectivity index (χ2v) is 8.79. The summed E-state index contributed by atoms with van der Waals surface area (Å²) in [6.45, 7) is 8.25. The Labute approximate surface area is 192 Å². The van der Waals surface area contributed by atoms with E-state index in [1.807, 2.05) is 46.0 Å². The lowest BCUT2D eigenvalue weighted by molar-refractivity contribution is 0.00393. The zero-order valence-electron chi connectivity index (χ0n) is 19.3. The fraction of sp³-hybridized carbons (Fsp3) is 0.346. The summed E-state index contributed by atoms with van der Waals surface area (Å²) in [4.78, 5) is 23.3. The molecule has 33 heavy (non-hydrogen) atoms. The van der Waals surface area contributed by atoms with Crippen LogP contribution in [0.4, 0.5) is 4.39 Å². The summed E-state index contributed by atoms with van der Waals surface area (Å²) < 4.78 is 21.1. The molecule has 0 spiro atoms. The third-order valence-electron chi connectivity index (χ3n) is 6.28. The van der Waals surface area contributed by atoms with Gasteiger partial charge in [-0.25, -0.2) is 24.3 Å². The number of fused-ring (bicyclic) bond motifs is 1. The van der Waals surface area contributed by atoms with Crippen molar-refractivity contribution in [2.75, 3.05) is 6.61 Å². The SMILES string of the molecule is Cc1ccc(-c2nc([C@H]3CCO[C@H](c4ccnc(C)c4)C3)nc3nc(C)c(C)nc23)c(F)c1. The molecular weight excluding hydrogens is 417 g/mol. The van der Waals surface area contributed by atoms with Crippen LogP contribution in [0, 0.1) is 33.5 Å². The predicted molar refractivity (Wildman–Crippen MR) is 124 cm³/mol. The highest BCUT2D eigenvalue weighted by molar-refractivity contribution is 5.87. The number of rotatable bonds is 3. The molecule has 0 N–H and O–H groups in total. The van der Waals surface area contributed by atoms with Gasteiger partial charge in [0.2, 0.25) is 0 Å². The first-order valence-corrected chi connectivity index (χ1v) is 11.2. The molecule has 4 heterocycles. The molecule has 5 rings (SSSR count). The summed E-state index contributed by atoms with van der Waals surface area (Å²) in [5, 5.41) is 0. The summed E-state index contributed by atoms with van der Waals surface area (Å²) in [6, 6.07) is 9.22. The van der Waals surface area contributed by atoms with Gasteiger partial charge < -0.3 is 4.74 Å². The van der Waals surface area contributed by atoms with Gasteiger partial charge in [0.05, 0.1) is 17.5 Å². The standard InChI is InChI=1S/C26H26FN5O/c1-14-5-6-20(21(27)11-14)23-24-26(30-17(4)16(3)29-24)32-25(31-23)19-8-10-33-22(13-19)18-7-9-28-15(2)12-18/h5-7,9,11-12,19,22H,8,10,13H2,1-4H3/t19-,22-/m0/s1. The lowest BCUT2D eigenvalue weighted by Crippen LogP contribution is -2.21. The molecule has 1 saturated heterocycles. The fourth-order valence-electron chi connectivity index (χ4n) is 4.34. The van der Waals surface area contributed by atoms with Crippen molar-refractivity contribution in [3.05, 3.63) is 76.4 Å². The first kappa shape index (κ1) is 21.5. The molecule has 1 aliphatic rings. The molecule has 168 valence electrons. The van der Waals surface area contributed by atoms with Crippen molar-refractivity contribution in [2.45, 2.75) is 52.6 Å². The van der Waals surface area contributed by atoms with Crippen LogP contribution in [0.1, 0.15) is 58.9 Å². The summed E-state index contributed by atoms with van der Waals surface area (Å²) in [5.41, 5.74) is 6.44. The Morgan fingerprint density at radius 3 is 2.55 bits per heavy atom. The zero-order valence-corrected chi connectivity index (χ0v) is 19.3. The smallest absolute Gasteiger partial charge is 0.182 e. The van der Waals surface area contributed by atoms with Gasteiger partial charge in [0.1, 0.15) is 22.9 Å². The Balaban J connectivity index is 1.62. The number of benzene rings is 1. The number of hydrogen-bond acceptors (Lipinski definition) is 6. The van der Waals surface area contributed by atoms with Crippen LogP contribution in [0.25, 0.3) is 22.4 Å². The van der Waals surface area contributed by atoms with Crippen LogP contribution in [0.5, 0.6) is 0 Å². The van der Waals surface area contributed by atoms with E-state index in [4.69, 9.17) is 14.7 Å².